The van der Waals surface area contributed by atoms with Crippen molar-refractivity contribution in [2.75, 3.05) is 6.61 Å². The quantitative estimate of drug-likeness (QED) is 0.678. The van der Waals surface area contributed by atoms with Crippen molar-refractivity contribution >= 4 is 17.6 Å². The highest BCUT2D eigenvalue weighted by Gasteiger charge is 2.23. The minimum atomic E-state index is -1.32. The summed E-state index contributed by atoms with van der Waals surface area (Å²) in [6.07, 6.45) is 2.89. The standard InChI is InChI=1S/C17H22F2N2O3/c1-3-4-5-6-7-24-17(23)21-15(16(20)22)11(2)12-8-13(18)10-14(19)9-12/h8-10,15H,2-7H2,1H3,(H2,20,22)(H,21,23). The van der Waals surface area contributed by atoms with Crippen LogP contribution in [-0.4, -0.2) is 24.6 Å². The lowest BCUT2D eigenvalue weighted by atomic mass is 9.99. The Bertz CT molecular complexity index is 585. The van der Waals surface area contributed by atoms with Crippen LogP contribution in [0.15, 0.2) is 24.8 Å². The van der Waals surface area contributed by atoms with Crippen LogP contribution < -0.4 is 11.1 Å². The summed E-state index contributed by atoms with van der Waals surface area (Å²) in [6, 6.07) is 1.36. The summed E-state index contributed by atoms with van der Waals surface area (Å²) in [7, 11) is 0. The van der Waals surface area contributed by atoms with Crippen LogP contribution in [0.2, 0.25) is 0 Å². The zero-order chi connectivity index (χ0) is 18.1. The maximum atomic E-state index is 13.3. The topological polar surface area (TPSA) is 81.4 Å². The lowest BCUT2D eigenvalue weighted by molar-refractivity contribution is -0.118. The van der Waals surface area contributed by atoms with Gasteiger partial charge in [-0.1, -0.05) is 32.8 Å². The lowest BCUT2D eigenvalue weighted by Gasteiger charge is -2.18. The molecular formula is C17H22F2N2O3. The van der Waals surface area contributed by atoms with Crippen molar-refractivity contribution in [1.29, 1.82) is 0 Å². The molecule has 0 aliphatic rings. The number of amides is 2. The Labute approximate surface area is 139 Å². The first-order chi connectivity index (χ1) is 11.3. The Kier molecular flexibility index (Phi) is 7.88. The van der Waals surface area contributed by atoms with Crippen LogP contribution in [0.3, 0.4) is 0 Å². The normalized spacial score (nSPS) is 11.6. The van der Waals surface area contributed by atoms with E-state index in [1.54, 1.807) is 0 Å². The molecule has 3 N–H and O–H groups in total. The van der Waals surface area contributed by atoms with E-state index in [4.69, 9.17) is 10.5 Å². The summed E-state index contributed by atoms with van der Waals surface area (Å²) in [6.45, 7) is 5.87. The average molecular weight is 340 g/mol. The summed E-state index contributed by atoms with van der Waals surface area (Å²) in [4.78, 5) is 23.3. The minimum Gasteiger partial charge on any atom is -0.450 e. The van der Waals surface area contributed by atoms with Gasteiger partial charge in [0, 0.05) is 6.07 Å². The summed E-state index contributed by atoms with van der Waals surface area (Å²) >= 11 is 0. The first-order valence-corrected chi connectivity index (χ1v) is 7.73. The molecule has 0 bridgehead atoms. The van der Waals surface area contributed by atoms with Gasteiger partial charge in [0.15, 0.2) is 0 Å². The summed E-state index contributed by atoms with van der Waals surface area (Å²) < 4.78 is 31.5. The summed E-state index contributed by atoms with van der Waals surface area (Å²) in [5, 5.41) is 2.26. The molecule has 1 aromatic carbocycles. The number of nitrogens with two attached hydrogens (primary N) is 1. The highest BCUT2D eigenvalue weighted by atomic mass is 19.1. The fourth-order valence-electron chi connectivity index (χ4n) is 2.09. The Morgan fingerprint density at radius 1 is 1.21 bits per heavy atom. The van der Waals surface area contributed by atoms with Gasteiger partial charge in [-0.15, -0.1) is 0 Å². The second-order valence-corrected chi connectivity index (χ2v) is 5.36. The fraction of sp³-hybridized carbons (Fsp3) is 0.412. The largest absolute Gasteiger partial charge is 0.450 e. The van der Waals surface area contributed by atoms with E-state index < -0.39 is 29.7 Å². The van der Waals surface area contributed by atoms with Crippen LogP contribution in [0, 0.1) is 11.6 Å². The first kappa shape index (κ1) is 19.6. The van der Waals surface area contributed by atoms with Gasteiger partial charge < -0.3 is 15.8 Å². The molecule has 7 heteroatoms. The van der Waals surface area contributed by atoms with E-state index in [-0.39, 0.29) is 17.7 Å². The van der Waals surface area contributed by atoms with Gasteiger partial charge in [-0.3, -0.25) is 4.79 Å². The molecule has 1 aromatic rings. The molecule has 0 aromatic heterocycles. The van der Waals surface area contributed by atoms with E-state index in [0.717, 1.165) is 31.4 Å². The highest BCUT2D eigenvalue weighted by Crippen LogP contribution is 2.19. The second-order valence-electron chi connectivity index (χ2n) is 5.36. The number of unbranched alkanes of at least 4 members (excludes halogenated alkanes) is 3. The van der Waals surface area contributed by atoms with Gasteiger partial charge in [0.2, 0.25) is 5.91 Å². The number of rotatable bonds is 9. The molecule has 1 rings (SSSR count). The van der Waals surface area contributed by atoms with Gasteiger partial charge in [0.05, 0.1) is 6.61 Å². The smallest absolute Gasteiger partial charge is 0.408 e. The third-order valence-electron chi connectivity index (χ3n) is 3.36. The van der Waals surface area contributed by atoms with Crippen molar-refractivity contribution in [3.63, 3.8) is 0 Å². The van der Waals surface area contributed by atoms with Crippen LogP contribution in [0.1, 0.15) is 38.2 Å². The fourth-order valence-corrected chi connectivity index (χ4v) is 2.09. The highest BCUT2D eigenvalue weighted by molar-refractivity contribution is 5.96. The molecule has 0 radical (unpaired) electrons. The third-order valence-corrected chi connectivity index (χ3v) is 3.36. The molecule has 0 spiro atoms. The predicted octanol–water partition coefficient (Wildman–Crippen LogP) is 3.14. The number of ether oxygens (including phenoxy) is 1. The van der Waals surface area contributed by atoms with Crippen molar-refractivity contribution in [2.24, 2.45) is 5.73 Å². The molecule has 0 aliphatic heterocycles. The number of carbonyl (C=O) groups excluding carboxylic acids is 2. The van der Waals surface area contributed by atoms with Gasteiger partial charge in [0.25, 0.3) is 0 Å². The second kappa shape index (κ2) is 9.64. The SMILES string of the molecule is C=C(c1cc(F)cc(F)c1)C(NC(=O)OCCCCCC)C(N)=O. The van der Waals surface area contributed by atoms with Gasteiger partial charge in [-0.2, -0.15) is 0 Å². The van der Waals surface area contributed by atoms with E-state index in [1.165, 1.54) is 0 Å². The molecule has 0 heterocycles. The van der Waals surface area contributed by atoms with Crippen LogP contribution in [0.4, 0.5) is 13.6 Å². The molecule has 24 heavy (non-hydrogen) atoms. The van der Waals surface area contributed by atoms with Crippen LogP contribution in [0.25, 0.3) is 5.57 Å². The molecule has 1 unspecified atom stereocenters. The van der Waals surface area contributed by atoms with Crippen molar-refractivity contribution in [2.45, 2.75) is 38.6 Å². The number of hydrogen-bond acceptors (Lipinski definition) is 3. The van der Waals surface area contributed by atoms with Crippen molar-refractivity contribution in [1.82, 2.24) is 5.32 Å². The number of benzene rings is 1. The van der Waals surface area contributed by atoms with Gasteiger partial charge >= 0.3 is 6.09 Å². The zero-order valence-electron chi connectivity index (χ0n) is 13.6. The number of carbonyl (C=O) groups is 2. The molecule has 132 valence electrons. The summed E-state index contributed by atoms with van der Waals surface area (Å²) in [5.74, 6) is -2.56. The van der Waals surface area contributed by atoms with Crippen molar-refractivity contribution < 1.29 is 23.1 Å². The number of hydrogen-bond donors (Lipinski definition) is 2. The van der Waals surface area contributed by atoms with Gasteiger partial charge in [0.1, 0.15) is 17.7 Å². The van der Waals surface area contributed by atoms with Crippen molar-refractivity contribution in [3.8, 4) is 0 Å². The number of nitrogens with one attached hydrogen (secondary N) is 1. The zero-order valence-corrected chi connectivity index (χ0v) is 13.6. The number of halogens is 2. The minimum absolute atomic E-state index is 0.0242. The van der Waals surface area contributed by atoms with E-state index >= 15 is 0 Å². The molecule has 0 aliphatic carbocycles. The Balaban J connectivity index is 2.67. The third kappa shape index (κ3) is 6.36. The maximum absolute atomic E-state index is 13.3. The van der Waals surface area contributed by atoms with Crippen LogP contribution in [-0.2, 0) is 9.53 Å². The van der Waals surface area contributed by atoms with Crippen molar-refractivity contribution in [3.05, 3.63) is 42.0 Å². The molecule has 5 nitrogen and oxygen atoms in total. The lowest BCUT2D eigenvalue weighted by Crippen LogP contribution is -2.45. The molecular weight excluding hydrogens is 318 g/mol. The molecule has 0 saturated carbocycles. The monoisotopic (exact) mass is 340 g/mol. The van der Waals surface area contributed by atoms with E-state index in [2.05, 4.69) is 18.8 Å². The molecule has 0 saturated heterocycles. The number of primary amides is 1. The van der Waals surface area contributed by atoms with Crippen LogP contribution >= 0.6 is 0 Å². The summed E-state index contributed by atoms with van der Waals surface area (Å²) in [5.41, 5.74) is 5.24. The van der Waals surface area contributed by atoms with Crippen LogP contribution in [0.5, 0.6) is 0 Å². The predicted molar refractivity (Wildman–Crippen MR) is 87.0 cm³/mol. The number of alkyl carbamates (subject to hydrolysis) is 1. The van der Waals surface area contributed by atoms with E-state index in [1.807, 2.05) is 0 Å². The Morgan fingerprint density at radius 2 is 1.83 bits per heavy atom. The Morgan fingerprint density at radius 3 is 2.38 bits per heavy atom. The van der Waals surface area contributed by atoms with Gasteiger partial charge in [-0.25, -0.2) is 13.6 Å². The first-order valence-electron chi connectivity index (χ1n) is 7.73. The average Bonchev–Trinajstić information content (AvgIpc) is 2.50. The maximum Gasteiger partial charge on any atom is 0.408 e. The van der Waals surface area contributed by atoms with E-state index in [9.17, 15) is 18.4 Å². The molecule has 0 fully saturated rings. The van der Waals surface area contributed by atoms with E-state index in [0.29, 0.717) is 12.5 Å². The molecule has 1 atom stereocenters. The Hall–Kier alpha value is -2.44. The van der Waals surface area contributed by atoms with Gasteiger partial charge in [-0.05, 0) is 29.7 Å². The molecule has 2 amide bonds.